The molecule has 0 aliphatic rings. The van der Waals surface area contributed by atoms with Crippen LogP contribution in [0.5, 0.6) is 0 Å². The van der Waals surface area contributed by atoms with Crippen molar-refractivity contribution in [3.63, 3.8) is 0 Å². The predicted octanol–water partition coefficient (Wildman–Crippen LogP) is 2.64. The van der Waals surface area contributed by atoms with Gasteiger partial charge >= 0.3 is 5.97 Å². The van der Waals surface area contributed by atoms with Crippen LogP contribution in [0, 0.1) is 6.92 Å². The molecule has 5 heteroatoms. The molecule has 0 aliphatic carbocycles. The van der Waals surface area contributed by atoms with Crippen molar-refractivity contribution in [3.8, 4) is 11.3 Å². The number of esters is 1. The van der Waals surface area contributed by atoms with Gasteiger partial charge in [-0.1, -0.05) is 41.9 Å². The molecular formula is C16H20N2O3. The third-order valence-corrected chi connectivity index (χ3v) is 3.31. The Morgan fingerprint density at radius 2 is 2.05 bits per heavy atom. The van der Waals surface area contributed by atoms with E-state index in [2.05, 4.69) is 9.89 Å². The summed E-state index contributed by atoms with van der Waals surface area (Å²) in [6.07, 6.45) is 0. The molecule has 1 aromatic heterocycles. The summed E-state index contributed by atoms with van der Waals surface area (Å²) in [5.41, 5.74) is 3.03. The average molecular weight is 288 g/mol. The van der Waals surface area contributed by atoms with Gasteiger partial charge in [-0.2, -0.15) is 0 Å². The average Bonchev–Trinajstić information content (AvgIpc) is 2.95. The number of aryl methyl sites for hydroxylation is 1. The molecule has 0 spiro atoms. The number of benzene rings is 1. The number of carbonyl (C=O) groups excluding carboxylic acids is 1. The number of likely N-dealkylation sites (N-methyl/N-ethyl adjacent to an activating group) is 1. The Balaban J connectivity index is 2.05. The molecule has 0 unspecified atom stereocenters. The monoisotopic (exact) mass is 288 g/mol. The number of ether oxygens (including phenoxy) is 1. The Bertz CT molecular complexity index is 590. The van der Waals surface area contributed by atoms with Crippen molar-refractivity contribution < 1.29 is 14.1 Å². The summed E-state index contributed by atoms with van der Waals surface area (Å²) in [7, 11) is 1.39. The fourth-order valence-electron chi connectivity index (χ4n) is 1.99. The molecule has 0 atom stereocenters. The number of carbonyl (C=O) groups is 1. The Hall–Kier alpha value is -2.14. The molecule has 0 saturated carbocycles. The van der Waals surface area contributed by atoms with E-state index in [9.17, 15) is 4.79 Å². The fourth-order valence-corrected chi connectivity index (χ4v) is 1.99. The third kappa shape index (κ3) is 4.16. The molecule has 0 saturated heterocycles. The normalized spacial score (nSPS) is 10.9. The van der Waals surface area contributed by atoms with Crippen molar-refractivity contribution in [2.45, 2.75) is 20.4 Å². The topological polar surface area (TPSA) is 55.6 Å². The molecule has 5 nitrogen and oxygen atoms in total. The first-order valence-corrected chi connectivity index (χ1v) is 6.94. The van der Waals surface area contributed by atoms with E-state index in [0.717, 1.165) is 23.6 Å². The van der Waals surface area contributed by atoms with Gasteiger partial charge in [0.05, 0.1) is 20.2 Å². The van der Waals surface area contributed by atoms with Crippen molar-refractivity contribution >= 4 is 5.97 Å². The summed E-state index contributed by atoms with van der Waals surface area (Å²) in [4.78, 5) is 13.3. The van der Waals surface area contributed by atoms with E-state index >= 15 is 0 Å². The fraction of sp³-hybridized carbons (Fsp3) is 0.375. The molecule has 2 aromatic rings. The van der Waals surface area contributed by atoms with Gasteiger partial charge in [0.15, 0.2) is 5.76 Å². The molecule has 2 rings (SSSR count). The number of hydrogen-bond acceptors (Lipinski definition) is 5. The summed E-state index contributed by atoms with van der Waals surface area (Å²) >= 11 is 0. The number of aromatic nitrogens is 1. The van der Waals surface area contributed by atoms with E-state index in [1.54, 1.807) is 0 Å². The molecular weight excluding hydrogens is 268 g/mol. The third-order valence-electron chi connectivity index (χ3n) is 3.31. The largest absolute Gasteiger partial charge is 0.468 e. The Morgan fingerprint density at radius 1 is 1.33 bits per heavy atom. The first-order chi connectivity index (χ1) is 10.1. The highest BCUT2D eigenvalue weighted by Crippen LogP contribution is 2.20. The molecule has 21 heavy (non-hydrogen) atoms. The second-order valence-corrected chi connectivity index (χ2v) is 4.92. The van der Waals surface area contributed by atoms with Gasteiger partial charge in [-0.05, 0) is 13.5 Å². The number of hydrogen-bond donors (Lipinski definition) is 0. The highest BCUT2D eigenvalue weighted by atomic mass is 16.5. The van der Waals surface area contributed by atoms with Crippen LogP contribution in [0.3, 0.4) is 0 Å². The maximum atomic E-state index is 11.3. The summed E-state index contributed by atoms with van der Waals surface area (Å²) in [5, 5.41) is 4.08. The minimum Gasteiger partial charge on any atom is -0.468 e. The summed E-state index contributed by atoms with van der Waals surface area (Å²) in [5.74, 6) is 0.478. The van der Waals surface area contributed by atoms with E-state index in [0.29, 0.717) is 6.54 Å². The smallest absolute Gasteiger partial charge is 0.319 e. The summed E-state index contributed by atoms with van der Waals surface area (Å²) < 4.78 is 10.0. The number of nitrogens with zero attached hydrogens (tertiary/aromatic N) is 2. The van der Waals surface area contributed by atoms with Crippen LogP contribution < -0.4 is 0 Å². The minimum absolute atomic E-state index is 0.244. The van der Waals surface area contributed by atoms with Gasteiger partial charge in [0.2, 0.25) is 0 Å². The van der Waals surface area contributed by atoms with Crippen LogP contribution in [0.4, 0.5) is 0 Å². The summed E-state index contributed by atoms with van der Waals surface area (Å²) in [6.45, 7) is 5.54. The van der Waals surface area contributed by atoms with E-state index in [-0.39, 0.29) is 12.5 Å². The van der Waals surface area contributed by atoms with E-state index in [1.807, 2.05) is 49.1 Å². The van der Waals surface area contributed by atoms with E-state index in [4.69, 9.17) is 4.52 Å². The van der Waals surface area contributed by atoms with Crippen LogP contribution in [-0.2, 0) is 16.1 Å². The minimum atomic E-state index is -0.255. The lowest BCUT2D eigenvalue weighted by molar-refractivity contribution is -0.142. The van der Waals surface area contributed by atoms with Crippen LogP contribution in [0.2, 0.25) is 0 Å². The van der Waals surface area contributed by atoms with Crippen molar-refractivity contribution in [3.05, 3.63) is 41.7 Å². The molecule has 0 bridgehead atoms. The highest BCUT2D eigenvalue weighted by molar-refractivity contribution is 5.71. The Morgan fingerprint density at radius 3 is 2.67 bits per heavy atom. The first kappa shape index (κ1) is 15.3. The van der Waals surface area contributed by atoms with Gasteiger partial charge in [0.25, 0.3) is 0 Å². The quantitative estimate of drug-likeness (QED) is 0.765. The van der Waals surface area contributed by atoms with Crippen LogP contribution in [-0.4, -0.2) is 36.2 Å². The zero-order valence-electron chi connectivity index (χ0n) is 12.6. The molecule has 0 N–H and O–H groups in total. The molecule has 0 amide bonds. The number of methoxy groups -OCH3 is 1. The standard InChI is InChI=1S/C16H20N2O3/c1-4-18(11-16(19)20-3)10-14-9-15(17-21-14)13-7-5-12(2)6-8-13/h5-9H,4,10-11H2,1-3H3. The second-order valence-electron chi connectivity index (χ2n) is 4.92. The van der Waals surface area contributed by atoms with E-state index < -0.39 is 0 Å². The lowest BCUT2D eigenvalue weighted by Crippen LogP contribution is -2.29. The van der Waals surface area contributed by atoms with Crippen LogP contribution >= 0.6 is 0 Å². The van der Waals surface area contributed by atoms with Gasteiger partial charge in [-0.15, -0.1) is 0 Å². The van der Waals surface area contributed by atoms with Crippen molar-refractivity contribution in [1.82, 2.24) is 10.1 Å². The summed E-state index contributed by atoms with van der Waals surface area (Å²) in [6, 6.07) is 10.0. The van der Waals surface area contributed by atoms with Gasteiger partial charge < -0.3 is 9.26 Å². The maximum absolute atomic E-state index is 11.3. The predicted molar refractivity (Wildman–Crippen MR) is 79.6 cm³/mol. The lowest BCUT2D eigenvalue weighted by atomic mass is 10.1. The molecule has 1 heterocycles. The van der Waals surface area contributed by atoms with Gasteiger partial charge in [0.1, 0.15) is 5.69 Å². The van der Waals surface area contributed by atoms with Crippen LogP contribution in [0.1, 0.15) is 18.2 Å². The molecule has 1 aromatic carbocycles. The van der Waals surface area contributed by atoms with Crippen LogP contribution in [0.25, 0.3) is 11.3 Å². The van der Waals surface area contributed by atoms with Crippen molar-refractivity contribution in [1.29, 1.82) is 0 Å². The SMILES string of the molecule is CCN(CC(=O)OC)Cc1cc(-c2ccc(C)cc2)no1. The molecule has 0 radical (unpaired) electrons. The molecule has 0 aliphatic heterocycles. The molecule has 0 fully saturated rings. The molecule has 112 valence electrons. The van der Waals surface area contributed by atoms with Gasteiger partial charge in [0, 0.05) is 11.6 Å². The zero-order chi connectivity index (χ0) is 15.2. The van der Waals surface area contributed by atoms with Crippen LogP contribution in [0.15, 0.2) is 34.9 Å². The first-order valence-electron chi connectivity index (χ1n) is 6.94. The van der Waals surface area contributed by atoms with Crippen molar-refractivity contribution in [2.75, 3.05) is 20.2 Å². The second kappa shape index (κ2) is 7.04. The lowest BCUT2D eigenvalue weighted by Gasteiger charge is -2.16. The number of rotatable bonds is 6. The van der Waals surface area contributed by atoms with Gasteiger partial charge in [-0.3, -0.25) is 9.69 Å². The maximum Gasteiger partial charge on any atom is 0.319 e. The van der Waals surface area contributed by atoms with Gasteiger partial charge in [-0.25, -0.2) is 0 Å². The Labute approximate surface area is 124 Å². The highest BCUT2D eigenvalue weighted by Gasteiger charge is 2.13. The Kier molecular flexibility index (Phi) is 5.11. The van der Waals surface area contributed by atoms with Crippen molar-refractivity contribution in [2.24, 2.45) is 0 Å². The zero-order valence-corrected chi connectivity index (χ0v) is 12.6. The van der Waals surface area contributed by atoms with E-state index in [1.165, 1.54) is 12.7 Å².